The second-order valence-electron chi connectivity index (χ2n) is 5.31. The molecule has 1 aliphatic heterocycles. The molecule has 0 radical (unpaired) electrons. The van der Waals surface area contributed by atoms with E-state index < -0.39 is 0 Å². The molecule has 0 unspecified atom stereocenters. The van der Waals surface area contributed by atoms with Gasteiger partial charge in [0.25, 0.3) is 5.91 Å². The van der Waals surface area contributed by atoms with Crippen LogP contribution in [0.25, 0.3) is 0 Å². The second kappa shape index (κ2) is 6.21. The van der Waals surface area contributed by atoms with Gasteiger partial charge in [-0.15, -0.1) is 0 Å². The summed E-state index contributed by atoms with van der Waals surface area (Å²) < 4.78 is 0. The van der Waals surface area contributed by atoms with Crippen LogP contribution < -0.4 is 11.1 Å². The van der Waals surface area contributed by atoms with Crippen LogP contribution >= 0.6 is 11.3 Å². The van der Waals surface area contributed by atoms with Crippen molar-refractivity contribution in [2.75, 3.05) is 18.8 Å². The van der Waals surface area contributed by atoms with Crippen LogP contribution in [0.1, 0.15) is 36.4 Å². The number of carbonyl (C=O) groups excluding carboxylic acids is 2. The number of hydrogen-bond donors (Lipinski definition) is 2. The van der Waals surface area contributed by atoms with Crippen molar-refractivity contribution in [1.29, 1.82) is 0 Å². The third-order valence-electron chi connectivity index (χ3n) is 3.31. The third kappa shape index (κ3) is 3.47. The summed E-state index contributed by atoms with van der Waals surface area (Å²) in [6, 6.07) is 0.00211. The van der Waals surface area contributed by atoms with Gasteiger partial charge in [-0.1, -0.05) is 25.2 Å². The average Bonchev–Trinajstić information content (AvgIpc) is 2.85. The maximum Gasteiger partial charge on any atom is 0.263 e. The number of carbonyl (C=O) groups is 2. The fraction of sp³-hybridized carbons (Fsp3) is 0.615. The average molecular weight is 296 g/mol. The highest BCUT2D eigenvalue weighted by molar-refractivity contribution is 7.17. The van der Waals surface area contributed by atoms with Crippen molar-refractivity contribution in [2.24, 2.45) is 5.92 Å². The van der Waals surface area contributed by atoms with Gasteiger partial charge in [-0.05, 0) is 12.8 Å². The smallest absolute Gasteiger partial charge is 0.263 e. The maximum absolute atomic E-state index is 12.0. The van der Waals surface area contributed by atoms with E-state index in [1.165, 1.54) is 17.5 Å². The quantitative estimate of drug-likeness (QED) is 0.874. The Labute approximate surface area is 122 Å². The number of piperidine rings is 1. The second-order valence-corrected chi connectivity index (χ2v) is 6.38. The normalized spacial score (nSPS) is 19.1. The fourth-order valence-corrected chi connectivity index (χ4v) is 2.90. The van der Waals surface area contributed by atoms with Crippen molar-refractivity contribution in [3.8, 4) is 0 Å². The van der Waals surface area contributed by atoms with Crippen molar-refractivity contribution < 1.29 is 9.59 Å². The van der Waals surface area contributed by atoms with Gasteiger partial charge in [0, 0.05) is 25.0 Å². The van der Waals surface area contributed by atoms with Gasteiger partial charge in [0.15, 0.2) is 5.13 Å². The Kier molecular flexibility index (Phi) is 4.59. The molecule has 1 aromatic heterocycles. The summed E-state index contributed by atoms with van der Waals surface area (Å²) in [5, 5.41) is 3.34. The Morgan fingerprint density at radius 3 is 2.90 bits per heavy atom. The minimum atomic E-state index is -0.164. The van der Waals surface area contributed by atoms with Gasteiger partial charge in [-0.2, -0.15) is 0 Å². The third-order valence-corrected chi connectivity index (χ3v) is 4.13. The summed E-state index contributed by atoms with van der Waals surface area (Å²) in [7, 11) is 0. The van der Waals surface area contributed by atoms with Crippen molar-refractivity contribution >= 4 is 28.3 Å². The Bertz CT molecular complexity index is 500. The molecule has 1 fully saturated rings. The Hall–Kier alpha value is -1.63. The monoisotopic (exact) mass is 296 g/mol. The molecule has 0 spiro atoms. The molecule has 1 atom stereocenters. The molecule has 0 aliphatic carbocycles. The SMILES string of the molecule is CC(C)C(=O)N1CCC[C@@H](NC(=O)c2cnc(N)s2)C1. The first-order valence-electron chi connectivity index (χ1n) is 6.78. The number of rotatable bonds is 3. The predicted molar refractivity (Wildman–Crippen MR) is 78.4 cm³/mol. The van der Waals surface area contributed by atoms with Gasteiger partial charge < -0.3 is 16.0 Å². The summed E-state index contributed by atoms with van der Waals surface area (Å²) in [5.41, 5.74) is 5.52. The molecule has 1 aliphatic rings. The largest absolute Gasteiger partial charge is 0.375 e. The number of nitrogens with zero attached hydrogens (tertiary/aromatic N) is 2. The van der Waals surface area contributed by atoms with Crippen molar-refractivity contribution in [3.63, 3.8) is 0 Å². The summed E-state index contributed by atoms with van der Waals surface area (Å²) in [5.74, 6) is -0.0280. The summed E-state index contributed by atoms with van der Waals surface area (Å²) in [4.78, 5) is 30.2. The van der Waals surface area contributed by atoms with Crippen LogP contribution in [0.5, 0.6) is 0 Å². The van der Waals surface area contributed by atoms with E-state index in [0.29, 0.717) is 16.6 Å². The minimum Gasteiger partial charge on any atom is -0.375 e. The molecule has 1 saturated heterocycles. The van der Waals surface area contributed by atoms with Crippen molar-refractivity contribution in [1.82, 2.24) is 15.2 Å². The number of aromatic nitrogens is 1. The summed E-state index contributed by atoms with van der Waals surface area (Å²) in [6.45, 7) is 5.14. The Balaban J connectivity index is 1.93. The van der Waals surface area contributed by atoms with Crippen molar-refractivity contribution in [3.05, 3.63) is 11.1 Å². The fourth-order valence-electron chi connectivity index (χ4n) is 2.31. The van der Waals surface area contributed by atoms with Gasteiger partial charge in [-0.25, -0.2) is 4.98 Å². The first kappa shape index (κ1) is 14.8. The van der Waals surface area contributed by atoms with Crippen LogP contribution in [-0.2, 0) is 4.79 Å². The molecule has 2 rings (SSSR count). The number of likely N-dealkylation sites (tertiary alicyclic amines) is 1. The topological polar surface area (TPSA) is 88.3 Å². The van der Waals surface area contributed by atoms with Crippen LogP contribution in [0.3, 0.4) is 0 Å². The number of nitrogens with two attached hydrogens (primary N) is 1. The molecule has 6 nitrogen and oxygen atoms in total. The van der Waals surface area contributed by atoms with Gasteiger partial charge in [0.1, 0.15) is 4.88 Å². The highest BCUT2D eigenvalue weighted by atomic mass is 32.1. The lowest BCUT2D eigenvalue weighted by atomic mass is 10.0. The van der Waals surface area contributed by atoms with Crippen LogP contribution in [0.2, 0.25) is 0 Å². The molecule has 110 valence electrons. The molecule has 0 saturated carbocycles. The highest BCUT2D eigenvalue weighted by Crippen LogP contribution is 2.17. The molecule has 20 heavy (non-hydrogen) atoms. The van der Waals surface area contributed by atoms with Crippen molar-refractivity contribution in [2.45, 2.75) is 32.7 Å². The maximum atomic E-state index is 12.0. The van der Waals surface area contributed by atoms with E-state index in [-0.39, 0.29) is 23.8 Å². The van der Waals surface area contributed by atoms with Gasteiger partial charge >= 0.3 is 0 Å². The van der Waals surface area contributed by atoms with E-state index in [9.17, 15) is 9.59 Å². The Morgan fingerprint density at radius 1 is 1.55 bits per heavy atom. The molecule has 3 N–H and O–H groups in total. The van der Waals surface area contributed by atoms with Gasteiger partial charge in [0.05, 0.1) is 6.20 Å². The molecular weight excluding hydrogens is 276 g/mol. The lowest BCUT2D eigenvalue weighted by molar-refractivity contribution is -0.135. The first-order valence-corrected chi connectivity index (χ1v) is 7.60. The number of nitrogens with one attached hydrogen (secondary N) is 1. The first-order chi connectivity index (χ1) is 9.47. The zero-order chi connectivity index (χ0) is 14.7. The highest BCUT2D eigenvalue weighted by Gasteiger charge is 2.26. The van der Waals surface area contributed by atoms with Crippen LogP contribution in [-0.4, -0.2) is 40.8 Å². The zero-order valence-electron chi connectivity index (χ0n) is 11.8. The zero-order valence-corrected chi connectivity index (χ0v) is 12.6. The van der Waals surface area contributed by atoms with E-state index in [1.807, 2.05) is 18.7 Å². The van der Waals surface area contributed by atoms with E-state index in [2.05, 4.69) is 10.3 Å². The molecule has 7 heteroatoms. The number of hydrogen-bond acceptors (Lipinski definition) is 5. The summed E-state index contributed by atoms with van der Waals surface area (Å²) in [6.07, 6.45) is 3.28. The summed E-state index contributed by atoms with van der Waals surface area (Å²) >= 11 is 1.17. The molecular formula is C13H20N4O2S. The lowest BCUT2D eigenvalue weighted by Gasteiger charge is -2.34. The van der Waals surface area contributed by atoms with E-state index >= 15 is 0 Å². The molecule has 2 amide bonds. The van der Waals surface area contributed by atoms with E-state index in [1.54, 1.807) is 0 Å². The minimum absolute atomic E-state index is 0.00211. The number of amides is 2. The van der Waals surface area contributed by atoms with Gasteiger partial charge in [0.2, 0.25) is 5.91 Å². The molecule has 1 aromatic rings. The molecule has 2 heterocycles. The molecule has 0 bridgehead atoms. The standard InChI is InChI=1S/C13H20N4O2S/c1-8(2)12(19)17-5-3-4-9(7-17)16-11(18)10-6-15-13(14)20-10/h6,8-9H,3-5,7H2,1-2H3,(H2,14,15)(H,16,18)/t9-/m1/s1. The number of anilines is 1. The van der Waals surface area contributed by atoms with E-state index in [4.69, 9.17) is 5.73 Å². The van der Waals surface area contributed by atoms with Crippen LogP contribution in [0.15, 0.2) is 6.20 Å². The van der Waals surface area contributed by atoms with Gasteiger partial charge in [-0.3, -0.25) is 9.59 Å². The number of thiazole rings is 1. The number of nitrogen functional groups attached to an aromatic ring is 1. The van der Waals surface area contributed by atoms with Crippen LogP contribution in [0, 0.1) is 5.92 Å². The Morgan fingerprint density at radius 2 is 2.30 bits per heavy atom. The molecule has 0 aromatic carbocycles. The lowest BCUT2D eigenvalue weighted by Crippen LogP contribution is -2.50. The predicted octanol–water partition coefficient (Wildman–Crippen LogP) is 1.10. The van der Waals surface area contributed by atoms with E-state index in [0.717, 1.165) is 19.4 Å². The van der Waals surface area contributed by atoms with Crippen LogP contribution in [0.4, 0.5) is 5.13 Å².